The summed E-state index contributed by atoms with van der Waals surface area (Å²) in [4.78, 5) is 9.53. The van der Waals surface area contributed by atoms with E-state index < -0.39 is 0 Å². The third-order valence-corrected chi connectivity index (χ3v) is 5.12. The van der Waals surface area contributed by atoms with Crippen LogP contribution in [-0.2, 0) is 11.3 Å². The second kappa shape index (κ2) is 7.38. The molecular weight excluding hydrogens is 308 g/mol. The number of anilines is 1. The summed E-state index contributed by atoms with van der Waals surface area (Å²) in [6.07, 6.45) is -0.0466. The van der Waals surface area contributed by atoms with Crippen LogP contribution in [0.25, 0.3) is 0 Å². The number of benzene rings is 1. The van der Waals surface area contributed by atoms with Gasteiger partial charge in [-0.05, 0) is 19.4 Å². The summed E-state index contributed by atoms with van der Waals surface area (Å²) in [6.45, 7) is 8.34. The Morgan fingerprint density at radius 1 is 1.30 bits per heavy atom. The van der Waals surface area contributed by atoms with Gasteiger partial charge in [-0.15, -0.1) is 0 Å². The highest BCUT2D eigenvalue weighted by Gasteiger charge is 2.26. The summed E-state index contributed by atoms with van der Waals surface area (Å²) < 4.78 is 9.74. The second-order valence-electron chi connectivity index (χ2n) is 6.08. The average Bonchev–Trinajstić information content (AvgIpc) is 3.05. The van der Waals surface area contributed by atoms with Crippen LogP contribution >= 0.6 is 11.5 Å². The molecule has 1 aliphatic rings. The number of nitrogens with zero attached hydrogens (tertiary/aromatic N) is 4. The van der Waals surface area contributed by atoms with Crippen molar-refractivity contribution < 1.29 is 4.74 Å². The standard InChI is InChI=1S/C17H24N4OS/c1-13-11-20(12-15-7-5-4-6-8-15)9-10-21(13)17-18-16(19-23-17)14(2)22-3/h4-8,13-14H,9-12H2,1-3H3/t13-,14?/m1/s1. The smallest absolute Gasteiger partial charge is 0.205 e. The van der Waals surface area contributed by atoms with E-state index in [-0.39, 0.29) is 6.10 Å². The Kier molecular flexibility index (Phi) is 5.25. The lowest BCUT2D eigenvalue weighted by molar-refractivity contribution is 0.113. The van der Waals surface area contributed by atoms with Crippen molar-refractivity contribution in [3.8, 4) is 0 Å². The first-order chi connectivity index (χ1) is 11.2. The molecule has 124 valence electrons. The Hall–Kier alpha value is -1.50. The van der Waals surface area contributed by atoms with Gasteiger partial charge < -0.3 is 9.64 Å². The zero-order valence-corrected chi connectivity index (χ0v) is 14.8. The molecule has 1 aromatic carbocycles. The van der Waals surface area contributed by atoms with Crippen molar-refractivity contribution in [2.75, 3.05) is 31.6 Å². The van der Waals surface area contributed by atoms with Gasteiger partial charge in [-0.1, -0.05) is 30.3 Å². The van der Waals surface area contributed by atoms with Gasteiger partial charge >= 0.3 is 0 Å². The first-order valence-corrected chi connectivity index (χ1v) is 8.84. The van der Waals surface area contributed by atoms with Crippen molar-refractivity contribution in [2.24, 2.45) is 0 Å². The molecule has 2 atom stereocenters. The van der Waals surface area contributed by atoms with Crippen LogP contribution in [0.15, 0.2) is 30.3 Å². The van der Waals surface area contributed by atoms with Crippen molar-refractivity contribution in [1.29, 1.82) is 0 Å². The van der Waals surface area contributed by atoms with E-state index in [0.29, 0.717) is 6.04 Å². The summed E-state index contributed by atoms with van der Waals surface area (Å²) in [5.41, 5.74) is 1.38. The summed E-state index contributed by atoms with van der Waals surface area (Å²) in [6, 6.07) is 11.1. The Balaban J connectivity index is 1.61. The fourth-order valence-electron chi connectivity index (χ4n) is 2.92. The van der Waals surface area contributed by atoms with Crippen LogP contribution in [0, 0.1) is 0 Å². The van der Waals surface area contributed by atoms with Gasteiger partial charge in [-0.2, -0.15) is 4.37 Å². The number of rotatable bonds is 5. The molecule has 1 unspecified atom stereocenters. The Bertz CT molecular complexity index is 618. The number of hydrogen-bond donors (Lipinski definition) is 0. The zero-order chi connectivity index (χ0) is 16.2. The molecule has 0 amide bonds. The Labute approximate surface area is 142 Å². The number of aromatic nitrogens is 2. The lowest BCUT2D eigenvalue weighted by Crippen LogP contribution is -2.51. The van der Waals surface area contributed by atoms with E-state index in [1.54, 1.807) is 7.11 Å². The summed E-state index contributed by atoms with van der Waals surface area (Å²) >= 11 is 1.48. The van der Waals surface area contributed by atoms with Gasteiger partial charge in [0.15, 0.2) is 5.82 Å². The molecule has 5 nitrogen and oxygen atoms in total. The quantitative estimate of drug-likeness (QED) is 0.842. The van der Waals surface area contributed by atoms with Crippen LogP contribution in [0.2, 0.25) is 0 Å². The zero-order valence-electron chi connectivity index (χ0n) is 14.0. The summed E-state index contributed by atoms with van der Waals surface area (Å²) in [5.74, 6) is 0.784. The lowest BCUT2D eigenvalue weighted by atomic mass is 10.1. The molecule has 0 radical (unpaired) electrons. The van der Waals surface area contributed by atoms with Gasteiger partial charge in [0.25, 0.3) is 0 Å². The molecule has 0 aliphatic carbocycles. The van der Waals surface area contributed by atoms with E-state index in [4.69, 9.17) is 4.74 Å². The van der Waals surface area contributed by atoms with Gasteiger partial charge in [-0.25, -0.2) is 4.98 Å². The fraction of sp³-hybridized carbons (Fsp3) is 0.529. The van der Waals surface area contributed by atoms with Crippen molar-refractivity contribution >= 4 is 16.7 Å². The first-order valence-electron chi connectivity index (χ1n) is 8.06. The maximum absolute atomic E-state index is 5.30. The third kappa shape index (κ3) is 3.88. The normalized spacial score (nSPS) is 20.7. The molecule has 2 heterocycles. The Morgan fingerprint density at radius 3 is 2.78 bits per heavy atom. The van der Waals surface area contributed by atoms with Crippen LogP contribution < -0.4 is 4.90 Å². The van der Waals surface area contributed by atoms with Gasteiger partial charge in [0.05, 0.1) is 0 Å². The van der Waals surface area contributed by atoms with Crippen molar-refractivity contribution in [1.82, 2.24) is 14.3 Å². The number of methoxy groups -OCH3 is 1. The average molecular weight is 332 g/mol. The van der Waals surface area contributed by atoms with Gasteiger partial charge in [-0.3, -0.25) is 4.90 Å². The molecule has 3 rings (SSSR count). The van der Waals surface area contributed by atoms with Crippen LogP contribution in [0.4, 0.5) is 5.13 Å². The van der Waals surface area contributed by atoms with Crippen molar-refractivity contribution in [2.45, 2.75) is 32.5 Å². The fourth-order valence-corrected chi connectivity index (χ4v) is 3.79. The molecule has 1 fully saturated rings. The number of hydrogen-bond acceptors (Lipinski definition) is 6. The van der Waals surface area contributed by atoms with E-state index >= 15 is 0 Å². The van der Waals surface area contributed by atoms with Crippen molar-refractivity contribution in [3.05, 3.63) is 41.7 Å². The van der Waals surface area contributed by atoms with Gasteiger partial charge in [0.1, 0.15) is 6.10 Å². The first kappa shape index (κ1) is 16.4. The monoisotopic (exact) mass is 332 g/mol. The summed E-state index contributed by atoms with van der Waals surface area (Å²) in [5, 5.41) is 1.01. The molecule has 1 aromatic heterocycles. The van der Waals surface area contributed by atoms with Crippen LogP contribution in [-0.4, -0.2) is 47.0 Å². The molecule has 6 heteroatoms. The minimum Gasteiger partial charge on any atom is -0.374 e. The Morgan fingerprint density at radius 2 is 2.09 bits per heavy atom. The van der Waals surface area contributed by atoms with E-state index in [0.717, 1.165) is 37.1 Å². The molecule has 0 N–H and O–H groups in total. The molecule has 1 saturated heterocycles. The maximum atomic E-state index is 5.30. The van der Waals surface area contributed by atoms with E-state index in [1.807, 2.05) is 6.92 Å². The highest BCUT2D eigenvalue weighted by molar-refractivity contribution is 7.09. The number of ether oxygens (including phenoxy) is 1. The predicted molar refractivity (Wildman–Crippen MR) is 93.9 cm³/mol. The molecule has 0 saturated carbocycles. The second-order valence-corrected chi connectivity index (χ2v) is 6.81. The highest BCUT2D eigenvalue weighted by Crippen LogP contribution is 2.25. The molecule has 1 aliphatic heterocycles. The summed E-state index contributed by atoms with van der Waals surface area (Å²) in [7, 11) is 1.69. The predicted octanol–water partition coefficient (Wildman–Crippen LogP) is 2.96. The van der Waals surface area contributed by atoms with Crippen LogP contribution in [0.1, 0.15) is 31.3 Å². The highest BCUT2D eigenvalue weighted by atomic mass is 32.1. The third-order valence-electron chi connectivity index (χ3n) is 4.35. The van der Waals surface area contributed by atoms with Crippen molar-refractivity contribution in [3.63, 3.8) is 0 Å². The van der Waals surface area contributed by atoms with Crippen LogP contribution in [0.3, 0.4) is 0 Å². The SMILES string of the molecule is COC(C)c1nsc(N2CCN(Cc3ccccc3)C[C@H]2C)n1. The van der Waals surface area contributed by atoms with Gasteiger partial charge in [0, 0.05) is 50.9 Å². The molecule has 23 heavy (non-hydrogen) atoms. The molecular formula is C17H24N4OS. The largest absolute Gasteiger partial charge is 0.374 e. The molecule has 2 aromatic rings. The van der Waals surface area contributed by atoms with E-state index in [2.05, 4.69) is 56.4 Å². The van der Waals surface area contributed by atoms with E-state index in [1.165, 1.54) is 17.1 Å². The number of piperazine rings is 1. The topological polar surface area (TPSA) is 41.5 Å². The lowest BCUT2D eigenvalue weighted by Gasteiger charge is -2.39. The van der Waals surface area contributed by atoms with Gasteiger partial charge in [0.2, 0.25) is 5.13 Å². The van der Waals surface area contributed by atoms with Crippen LogP contribution in [0.5, 0.6) is 0 Å². The minimum absolute atomic E-state index is 0.0466. The minimum atomic E-state index is -0.0466. The van der Waals surface area contributed by atoms with E-state index in [9.17, 15) is 0 Å². The maximum Gasteiger partial charge on any atom is 0.205 e. The molecule has 0 spiro atoms. The molecule has 0 bridgehead atoms.